The zero-order chi connectivity index (χ0) is 15.4. The largest absolute Gasteiger partial charge is 0.381 e. The predicted octanol–water partition coefficient (Wildman–Crippen LogP) is 2.69. The van der Waals surface area contributed by atoms with Crippen molar-refractivity contribution in [3.63, 3.8) is 0 Å². The zero-order valence-corrected chi connectivity index (χ0v) is 12.2. The van der Waals surface area contributed by atoms with E-state index in [1.54, 1.807) is 14.0 Å². The SMILES string of the molecule is CCNc1c(F)cc(C(=O)NC2CCC(OC)C2)cc1F. The first-order valence-corrected chi connectivity index (χ1v) is 7.11. The first-order chi connectivity index (χ1) is 10.0. The number of methoxy groups -OCH3 is 1. The van der Waals surface area contributed by atoms with Gasteiger partial charge in [0.2, 0.25) is 0 Å². The van der Waals surface area contributed by atoms with Crippen molar-refractivity contribution in [3.05, 3.63) is 29.3 Å². The fourth-order valence-corrected chi connectivity index (χ4v) is 2.60. The minimum atomic E-state index is -0.761. The zero-order valence-electron chi connectivity index (χ0n) is 12.2. The topological polar surface area (TPSA) is 50.4 Å². The second-order valence-corrected chi connectivity index (χ2v) is 5.19. The Labute approximate surface area is 122 Å². The lowest BCUT2D eigenvalue weighted by Gasteiger charge is -2.14. The number of anilines is 1. The van der Waals surface area contributed by atoms with E-state index in [2.05, 4.69) is 10.6 Å². The Hall–Kier alpha value is -1.69. The summed E-state index contributed by atoms with van der Waals surface area (Å²) in [6.45, 7) is 2.14. The molecule has 6 heteroatoms. The fraction of sp³-hybridized carbons (Fsp3) is 0.533. The molecule has 1 aromatic carbocycles. The Bertz CT molecular complexity index is 499. The van der Waals surface area contributed by atoms with Crippen LogP contribution in [0.5, 0.6) is 0 Å². The van der Waals surface area contributed by atoms with Gasteiger partial charge in [-0.2, -0.15) is 0 Å². The van der Waals surface area contributed by atoms with Crippen LogP contribution in [-0.4, -0.2) is 31.7 Å². The standard InChI is InChI=1S/C15H20F2N2O2/c1-3-18-14-12(16)6-9(7-13(14)17)15(20)19-10-4-5-11(8-10)21-2/h6-7,10-11,18H,3-5,8H2,1-2H3,(H,19,20). The molecule has 1 aromatic rings. The summed E-state index contributed by atoms with van der Waals surface area (Å²) < 4.78 is 32.8. The van der Waals surface area contributed by atoms with Crippen LogP contribution >= 0.6 is 0 Å². The fourth-order valence-electron chi connectivity index (χ4n) is 2.60. The smallest absolute Gasteiger partial charge is 0.251 e. The molecular formula is C15H20F2N2O2. The van der Waals surface area contributed by atoms with Crippen LogP contribution in [0, 0.1) is 11.6 Å². The van der Waals surface area contributed by atoms with E-state index in [0.717, 1.165) is 31.4 Å². The molecule has 116 valence electrons. The molecule has 0 heterocycles. The minimum Gasteiger partial charge on any atom is -0.381 e. The third-order valence-corrected chi connectivity index (χ3v) is 3.71. The Morgan fingerprint density at radius 3 is 2.52 bits per heavy atom. The molecule has 0 radical (unpaired) electrons. The highest BCUT2D eigenvalue weighted by atomic mass is 19.1. The number of hydrogen-bond donors (Lipinski definition) is 2. The molecule has 0 spiro atoms. The van der Waals surface area contributed by atoms with Gasteiger partial charge in [0.1, 0.15) is 17.3 Å². The molecular weight excluding hydrogens is 278 g/mol. The summed E-state index contributed by atoms with van der Waals surface area (Å²) in [7, 11) is 1.64. The Morgan fingerprint density at radius 2 is 2.00 bits per heavy atom. The number of amides is 1. The third-order valence-electron chi connectivity index (χ3n) is 3.71. The summed E-state index contributed by atoms with van der Waals surface area (Å²) in [5.41, 5.74) is -0.207. The molecule has 21 heavy (non-hydrogen) atoms. The molecule has 0 saturated heterocycles. The molecule has 1 aliphatic rings. The predicted molar refractivity (Wildman–Crippen MR) is 76.4 cm³/mol. The summed E-state index contributed by atoms with van der Waals surface area (Å²) in [4.78, 5) is 12.1. The molecule has 0 bridgehead atoms. The minimum absolute atomic E-state index is 0.00693. The maximum atomic E-state index is 13.8. The summed E-state index contributed by atoms with van der Waals surface area (Å²) in [6.07, 6.45) is 2.55. The van der Waals surface area contributed by atoms with Gasteiger partial charge in [-0.25, -0.2) is 8.78 Å². The second kappa shape index (κ2) is 6.85. The molecule has 1 amide bonds. The monoisotopic (exact) mass is 298 g/mol. The van der Waals surface area contributed by atoms with Crippen molar-refractivity contribution in [3.8, 4) is 0 Å². The highest BCUT2D eigenvalue weighted by Crippen LogP contribution is 2.23. The summed E-state index contributed by atoms with van der Waals surface area (Å²) in [6, 6.07) is 2.10. The van der Waals surface area contributed by atoms with Crippen molar-refractivity contribution in [2.75, 3.05) is 19.0 Å². The van der Waals surface area contributed by atoms with E-state index in [1.165, 1.54) is 0 Å². The van der Waals surface area contributed by atoms with E-state index >= 15 is 0 Å². The van der Waals surface area contributed by atoms with Gasteiger partial charge < -0.3 is 15.4 Å². The van der Waals surface area contributed by atoms with Gasteiger partial charge in [-0.05, 0) is 38.3 Å². The average molecular weight is 298 g/mol. The normalized spacial score (nSPS) is 21.3. The van der Waals surface area contributed by atoms with Gasteiger partial charge in [-0.3, -0.25) is 4.79 Å². The van der Waals surface area contributed by atoms with E-state index in [-0.39, 0.29) is 23.4 Å². The van der Waals surface area contributed by atoms with Crippen LogP contribution in [0.1, 0.15) is 36.5 Å². The Kier molecular flexibility index (Phi) is 5.12. The maximum Gasteiger partial charge on any atom is 0.251 e. The number of hydrogen-bond acceptors (Lipinski definition) is 3. The molecule has 2 atom stereocenters. The highest BCUT2D eigenvalue weighted by Gasteiger charge is 2.26. The van der Waals surface area contributed by atoms with E-state index in [0.29, 0.717) is 6.54 Å². The number of carbonyl (C=O) groups excluding carboxylic acids is 1. The van der Waals surface area contributed by atoms with Gasteiger partial charge in [0.25, 0.3) is 5.91 Å². The molecule has 0 aromatic heterocycles. The molecule has 2 rings (SSSR count). The van der Waals surface area contributed by atoms with Gasteiger partial charge in [0.15, 0.2) is 0 Å². The van der Waals surface area contributed by atoms with Crippen LogP contribution in [0.15, 0.2) is 12.1 Å². The number of nitrogens with one attached hydrogen (secondary N) is 2. The number of carbonyl (C=O) groups is 1. The lowest BCUT2D eigenvalue weighted by atomic mass is 10.1. The van der Waals surface area contributed by atoms with Crippen LogP contribution in [0.25, 0.3) is 0 Å². The van der Waals surface area contributed by atoms with Crippen LogP contribution in [0.3, 0.4) is 0 Å². The van der Waals surface area contributed by atoms with Crippen molar-refractivity contribution >= 4 is 11.6 Å². The van der Waals surface area contributed by atoms with Crippen LogP contribution in [0.4, 0.5) is 14.5 Å². The first-order valence-electron chi connectivity index (χ1n) is 7.11. The number of rotatable bonds is 5. The van der Waals surface area contributed by atoms with Gasteiger partial charge in [-0.15, -0.1) is 0 Å². The van der Waals surface area contributed by atoms with Crippen molar-refractivity contribution in [2.45, 2.75) is 38.3 Å². The lowest BCUT2D eigenvalue weighted by Crippen LogP contribution is -2.33. The van der Waals surface area contributed by atoms with Gasteiger partial charge >= 0.3 is 0 Å². The highest BCUT2D eigenvalue weighted by molar-refractivity contribution is 5.94. The lowest BCUT2D eigenvalue weighted by molar-refractivity contribution is 0.0914. The quantitative estimate of drug-likeness (QED) is 0.879. The average Bonchev–Trinajstić information content (AvgIpc) is 2.90. The summed E-state index contributed by atoms with van der Waals surface area (Å²) >= 11 is 0. The molecule has 2 N–H and O–H groups in total. The molecule has 1 aliphatic carbocycles. The Morgan fingerprint density at radius 1 is 1.33 bits per heavy atom. The molecule has 2 unspecified atom stereocenters. The van der Waals surface area contributed by atoms with Gasteiger partial charge in [0.05, 0.1) is 6.10 Å². The van der Waals surface area contributed by atoms with Gasteiger partial charge in [-0.1, -0.05) is 0 Å². The first kappa shape index (κ1) is 15.7. The van der Waals surface area contributed by atoms with E-state index in [9.17, 15) is 13.6 Å². The summed E-state index contributed by atoms with van der Waals surface area (Å²) in [5, 5.41) is 5.39. The number of ether oxygens (including phenoxy) is 1. The molecule has 4 nitrogen and oxygen atoms in total. The number of benzene rings is 1. The number of halogens is 2. The molecule has 1 saturated carbocycles. The van der Waals surface area contributed by atoms with Crippen LogP contribution in [0.2, 0.25) is 0 Å². The van der Waals surface area contributed by atoms with E-state index in [4.69, 9.17) is 4.74 Å². The van der Waals surface area contributed by atoms with Crippen LogP contribution in [-0.2, 0) is 4.74 Å². The van der Waals surface area contributed by atoms with Crippen LogP contribution < -0.4 is 10.6 Å². The van der Waals surface area contributed by atoms with E-state index in [1.807, 2.05) is 0 Å². The van der Waals surface area contributed by atoms with E-state index < -0.39 is 17.5 Å². The second-order valence-electron chi connectivity index (χ2n) is 5.19. The summed E-state index contributed by atoms with van der Waals surface area (Å²) in [5.74, 6) is -1.98. The maximum absolute atomic E-state index is 13.8. The van der Waals surface area contributed by atoms with Gasteiger partial charge in [0, 0.05) is 25.3 Å². The molecule has 1 fully saturated rings. The third kappa shape index (κ3) is 3.69. The Balaban J connectivity index is 2.06. The van der Waals surface area contributed by atoms with Crippen molar-refractivity contribution < 1.29 is 18.3 Å². The van der Waals surface area contributed by atoms with Crippen molar-refractivity contribution in [1.29, 1.82) is 0 Å². The molecule has 0 aliphatic heterocycles. The van der Waals surface area contributed by atoms with Crippen molar-refractivity contribution in [2.24, 2.45) is 0 Å². The van der Waals surface area contributed by atoms with Crippen molar-refractivity contribution in [1.82, 2.24) is 5.32 Å².